The molecule has 0 bridgehead atoms. The number of fused-ring (bicyclic) bond motifs is 1. The molecule has 1 aromatic carbocycles. The van der Waals surface area contributed by atoms with Crippen LogP contribution in [0.15, 0.2) is 34.7 Å². The maximum Gasteiger partial charge on any atom is 0.294 e. The van der Waals surface area contributed by atoms with Crippen molar-refractivity contribution in [2.75, 3.05) is 11.4 Å². The zero-order valence-electron chi connectivity index (χ0n) is 14.7. The quantitative estimate of drug-likeness (QED) is 0.840. The Morgan fingerprint density at radius 1 is 1.21 bits per heavy atom. The Labute approximate surface area is 142 Å². The lowest BCUT2D eigenvalue weighted by Crippen LogP contribution is -2.30. The highest BCUT2D eigenvalue weighted by Crippen LogP contribution is 2.38. The summed E-state index contributed by atoms with van der Waals surface area (Å²) in [5, 5.41) is 0. The van der Waals surface area contributed by atoms with Gasteiger partial charge in [-0.05, 0) is 31.4 Å². The number of rotatable bonds is 3. The molecule has 0 N–H and O–H groups in total. The van der Waals surface area contributed by atoms with Gasteiger partial charge in [-0.1, -0.05) is 32.0 Å². The fourth-order valence-corrected chi connectivity index (χ4v) is 3.46. The van der Waals surface area contributed by atoms with Crippen molar-refractivity contribution in [3.63, 3.8) is 0 Å². The van der Waals surface area contributed by atoms with Crippen LogP contribution in [0.1, 0.15) is 59.4 Å². The average molecular weight is 325 g/mol. The minimum absolute atomic E-state index is 0.0734. The van der Waals surface area contributed by atoms with E-state index in [2.05, 4.69) is 13.8 Å². The Bertz CT molecular complexity index is 787. The second-order valence-corrected chi connectivity index (χ2v) is 7.18. The molecule has 1 aliphatic rings. The summed E-state index contributed by atoms with van der Waals surface area (Å²) in [5.41, 5.74) is 1.98. The Morgan fingerprint density at radius 2 is 1.88 bits per heavy atom. The van der Waals surface area contributed by atoms with E-state index >= 15 is 0 Å². The van der Waals surface area contributed by atoms with E-state index in [9.17, 15) is 9.59 Å². The van der Waals surface area contributed by atoms with E-state index in [-0.39, 0.29) is 22.9 Å². The van der Waals surface area contributed by atoms with E-state index in [0.717, 1.165) is 5.69 Å². The summed E-state index contributed by atoms with van der Waals surface area (Å²) in [6, 6.07) is 9.51. The number of hydrogen-bond donors (Lipinski definition) is 0. The number of carbonyl (C=O) groups excluding carboxylic acids is 2. The van der Waals surface area contributed by atoms with Crippen LogP contribution in [0.3, 0.4) is 0 Å². The minimum atomic E-state index is -0.193. The summed E-state index contributed by atoms with van der Waals surface area (Å²) >= 11 is 0. The molecule has 2 aromatic rings. The first-order chi connectivity index (χ1) is 11.3. The first-order valence-electron chi connectivity index (χ1n) is 8.36. The highest BCUT2D eigenvalue weighted by atomic mass is 16.4. The average Bonchev–Trinajstić information content (AvgIpc) is 2.84. The number of ketones is 1. The van der Waals surface area contributed by atoms with E-state index in [1.54, 1.807) is 4.90 Å². The van der Waals surface area contributed by atoms with E-state index in [0.29, 0.717) is 36.3 Å². The Kier molecular flexibility index (Phi) is 4.08. The van der Waals surface area contributed by atoms with Gasteiger partial charge in [0.05, 0.1) is 5.56 Å². The maximum atomic E-state index is 13.0. The van der Waals surface area contributed by atoms with Crippen molar-refractivity contribution in [1.82, 2.24) is 0 Å². The number of Topliss-reactive ketones (excluding diaryl/α,β-unsaturated/α-hetero) is 1. The van der Waals surface area contributed by atoms with Gasteiger partial charge < -0.3 is 9.32 Å². The van der Waals surface area contributed by atoms with Crippen molar-refractivity contribution < 1.29 is 14.0 Å². The molecule has 0 unspecified atom stereocenters. The topological polar surface area (TPSA) is 50.5 Å². The molecule has 3 rings (SSSR count). The maximum absolute atomic E-state index is 13.0. The first-order valence-corrected chi connectivity index (χ1v) is 8.36. The molecule has 4 nitrogen and oxygen atoms in total. The fourth-order valence-electron chi connectivity index (χ4n) is 3.46. The molecule has 0 saturated heterocycles. The summed E-state index contributed by atoms with van der Waals surface area (Å²) in [7, 11) is 0. The number of anilines is 1. The zero-order valence-corrected chi connectivity index (χ0v) is 14.7. The highest BCUT2D eigenvalue weighted by molar-refractivity contribution is 6.08. The third kappa shape index (κ3) is 2.77. The minimum Gasteiger partial charge on any atom is -0.455 e. The molecule has 1 aromatic heterocycles. The Balaban J connectivity index is 2.01. The van der Waals surface area contributed by atoms with Crippen molar-refractivity contribution in [2.24, 2.45) is 5.41 Å². The first kappa shape index (κ1) is 16.5. The molecule has 0 saturated carbocycles. The molecule has 4 heteroatoms. The molecule has 0 aliphatic heterocycles. The normalized spacial score (nSPS) is 15.9. The van der Waals surface area contributed by atoms with Gasteiger partial charge in [0.25, 0.3) is 5.91 Å². The lowest BCUT2D eigenvalue weighted by atomic mass is 9.76. The predicted molar refractivity (Wildman–Crippen MR) is 93.7 cm³/mol. The molecule has 0 atom stereocenters. The number of benzene rings is 1. The van der Waals surface area contributed by atoms with E-state index in [1.807, 2.05) is 44.2 Å². The molecule has 1 amide bonds. The van der Waals surface area contributed by atoms with Gasteiger partial charge in [-0.25, -0.2) is 0 Å². The number of hydrogen-bond acceptors (Lipinski definition) is 3. The van der Waals surface area contributed by atoms with Crippen LogP contribution in [0.2, 0.25) is 0 Å². The molecular weight excluding hydrogens is 302 g/mol. The van der Waals surface area contributed by atoms with Crippen LogP contribution >= 0.6 is 0 Å². The lowest BCUT2D eigenvalue weighted by molar-refractivity contribution is 0.0896. The third-order valence-electron chi connectivity index (χ3n) is 4.60. The van der Waals surface area contributed by atoms with Crippen LogP contribution < -0.4 is 4.90 Å². The number of amides is 1. The summed E-state index contributed by atoms with van der Waals surface area (Å²) < 4.78 is 5.90. The van der Waals surface area contributed by atoms with E-state index in [4.69, 9.17) is 4.42 Å². The van der Waals surface area contributed by atoms with Crippen molar-refractivity contribution in [2.45, 2.75) is 40.5 Å². The second-order valence-electron chi connectivity index (χ2n) is 7.18. The van der Waals surface area contributed by atoms with Gasteiger partial charge in [0, 0.05) is 30.6 Å². The van der Waals surface area contributed by atoms with Gasteiger partial charge in [0.2, 0.25) is 0 Å². The summed E-state index contributed by atoms with van der Waals surface area (Å²) in [4.78, 5) is 27.2. The molecule has 0 spiro atoms. The van der Waals surface area contributed by atoms with Crippen molar-refractivity contribution in [3.8, 4) is 0 Å². The van der Waals surface area contributed by atoms with Crippen LogP contribution in [0.4, 0.5) is 5.69 Å². The monoisotopic (exact) mass is 325 g/mol. The Morgan fingerprint density at radius 3 is 2.50 bits per heavy atom. The van der Waals surface area contributed by atoms with E-state index in [1.165, 1.54) is 0 Å². The molecule has 0 radical (unpaired) electrons. The third-order valence-corrected chi connectivity index (χ3v) is 4.60. The molecule has 126 valence electrons. The summed E-state index contributed by atoms with van der Waals surface area (Å²) in [6.07, 6.45) is 1.17. The van der Waals surface area contributed by atoms with Gasteiger partial charge in [-0.3, -0.25) is 9.59 Å². The largest absolute Gasteiger partial charge is 0.455 e. The van der Waals surface area contributed by atoms with Gasteiger partial charge in [0.15, 0.2) is 11.5 Å². The van der Waals surface area contributed by atoms with Crippen LogP contribution in [-0.2, 0) is 6.42 Å². The van der Waals surface area contributed by atoms with Crippen LogP contribution in [0, 0.1) is 12.3 Å². The SMILES string of the molecule is CCN(C(=O)c1oc2c(c1C)C(=O)CC(C)(C)C2)c1ccccc1. The fraction of sp³-hybridized carbons (Fsp3) is 0.400. The van der Waals surface area contributed by atoms with E-state index < -0.39 is 0 Å². The van der Waals surface area contributed by atoms with Gasteiger partial charge >= 0.3 is 0 Å². The van der Waals surface area contributed by atoms with Gasteiger partial charge in [-0.2, -0.15) is 0 Å². The number of furan rings is 1. The summed E-state index contributed by atoms with van der Waals surface area (Å²) in [6.45, 7) is 8.38. The van der Waals surface area contributed by atoms with Crippen molar-refractivity contribution >= 4 is 17.4 Å². The van der Waals surface area contributed by atoms with Gasteiger partial charge in [0.1, 0.15) is 5.76 Å². The number of carbonyl (C=O) groups is 2. The molecule has 24 heavy (non-hydrogen) atoms. The van der Waals surface area contributed by atoms with Crippen molar-refractivity contribution in [1.29, 1.82) is 0 Å². The lowest BCUT2D eigenvalue weighted by Gasteiger charge is -2.27. The second kappa shape index (κ2) is 5.93. The summed E-state index contributed by atoms with van der Waals surface area (Å²) in [5.74, 6) is 0.823. The predicted octanol–water partition coefficient (Wildman–Crippen LogP) is 4.41. The van der Waals surface area contributed by atoms with Crippen LogP contribution in [0.25, 0.3) is 0 Å². The molecule has 1 aliphatic carbocycles. The number of para-hydroxylation sites is 1. The smallest absolute Gasteiger partial charge is 0.294 e. The number of nitrogens with zero attached hydrogens (tertiary/aromatic N) is 1. The molecular formula is C20H23NO3. The molecule has 0 fully saturated rings. The Hall–Kier alpha value is -2.36. The molecule has 1 heterocycles. The highest BCUT2D eigenvalue weighted by Gasteiger charge is 2.37. The standard InChI is InChI=1S/C20H23NO3/c1-5-21(14-9-7-6-8-10-14)19(23)18-13(2)17-15(22)11-20(3,4)12-16(17)24-18/h6-10H,5,11-12H2,1-4H3. The van der Waals surface area contributed by atoms with Gasteiger partial charge in [-0.15, -0.1) is 0 Å². The van der Waals surface area contributed by atoms with Crippen LogP contribution in [0.5, 0.6) is 0 Å². The van der Waals surface area contributed by atoms with Crippen LogP contribution in [-0.4, -0.2) is 18.2 Å². The zero-order chi connectivity index (χ0) is 17.5. The van der Waals surface area contributed by atoms with Crippen molar-refractivity contribution in [3.05, 3.63) is 53.0 Å².